The molecule has 0 bridgehead atoms. The largest absolute Gasteiger partial charge is 0.497 e. The van der Waals surface area contributed by atoms with Gasteiger partial charge in [-0.2, -0.15) is 5.26 Å². The summed E-state index contributed by atoms with van der Waals surface area (Å²) in [6, 6.07) is 27.0. The summed E-state index contributed by atoms with van der Waals surface area (Å²) in [5, 5.41) is 14.4. The Morgan fingerprint density at radius 1 is 1.03 bits per heavy atom. The highest BCUT2D eigenvalue weighted by Gasteiger charge is 2.14. The lowest BCUT2D eigenvalue weighted by molar-refractivity contribution is -0.112. The smallest absolute Gasteiger partial charge is 0.266 e. The number of methoxy groups -OCH3 is 1. The molecule has 1 N–H and O–H groups in total. The lowest BCUT2D eigenvalue weighted by Gasteiger charge is -2.12. The van der Waals surface area contributed by atoms with Crippen molar-refractivity contribution in [2.45, 2.75) is 6.42 Å². The fourth-order valence-corrected chi connectivity index (χ4v) is 3.70. The van der Waals surface area contributed by atoms with Crippen LogP contribution in [0.4, 0.5) is 10.1 Å². The van der Waals surface area contributed by atoms with Gasteiger partial charge in [0.15, 0.2) is 0 Å². The van der Waals surface area contributed by atoms with Crippen molar-refractivity contribution in [2.75, 3.05) is 12.4 Å². The molecule has 4 aromatic rings. The van der Waals surface area contributed by atoms with Gasteiger partial charge < -0.3 is 10.1 Å². The van der Waals surface area contributed by atoms with Crippen LogP contribution in [0, 0.1) is 17.1 Å². The van der Waals surface area contributed by atoms with Gasteiger partial charge >= 0.3 is 0 Å². The molecule has 0 aliphatic rings. The summed E-state index contributed by atoms with van der Waals surface area (Å²) in [6.07, 6.45) is 2.07. The molecule has 1 amide bonds. The zero-order valence-corrected chi connectivity index (χ0v) is 18.0. The van der Waals surface area contributed by atoms with Crippen LogP contribution in [-0.4, -0.2) is 13.0 Å². The van der Waals surface area contributed by atoms with Crippen molar-refractivity contribution in [3.05, 3.63) is 113 Å². The van der Waals surface area contributed by atoms with Gasteiger partial charge in [0.2, 0.25) is 0 Å². The average Bonchev–Trinajstić information content (AvgIpc) is 2.83. The number of amides is 1. The van der Waals surface area contributed by atoms with Crippen LogP contribution < -0.4 is 10.1 Å². The van der Waals surface area contributed by atoms with Crippen LogP contribution in [0.25, 0.3) is 16.8 Å². The van der Waals surface area contributed by atoms with E-state index in [0.29, 0.717) is 17.9 Å². The van der Waals surface area contributed by atoms with Gasteiger partial charge in [-0.3, -0.25) is 4.79 Å². The second-order valence-corrected chi connectivity index (χ2v) is 7.52. The quantitative estimate of drug-likeness (QED) is 0.292. The molecule has 0 aromatic heterocycles. The Hall–Kier alpha value is -4.43. The molecule has 162 valence electrons. The lowest BCUT2D eigenvalue weighted by atomic mass is 9.93. The maximum atomic E-state index is 13.7. The summed E-state index contributed by atoms with van der Waals surface area (Å²) in [6.45, 7) is 0. The van der Waals surface area contributed by atoms with E-state index in [1.807, 2.05) is 48.5 Å². The van der Waals surface area contributed by atoms with Crippen LogP contribution >= 0.6 is 0 Å². The van der Waals surface area contributed by atoms with E-state index in [4.69, 9.17) is 4.74 Å². The second-order valence-electron chi connectivity index (χ2n) is 7.52. The monoisotopic (exact) mass is 436 g/mol. The summed E-state index contributed by atoms with van der Waals surface area (Å²) in [4.78, 5) is 12.9. The highest BCUT2D eigenvalue weighted by atomic mass is 19.1. The van der Waals surface area contributed by atoms with Gasteiger partial charge in [0, 0.05) is 5.69 Å². The van der Waals surface area contributed by atoms with Crippen LogP contribution in [-0.2, 0) is 11.2 Å². The van der Waals surface area contributed by atoms with Crippen molar-refractivity contribution >= 4 is 28.4 Å². The van der Waals surface area contributed by atoms with Crippen molar-refractivity contribution in [3.63, 3.8) is 0 Å². The van der Waals surface area contributed by atoms with Crippen molar-refractivity contribution in [3.8, 4) is 11.8 Å². The Labute approximate surface area is 191 Å². The third-order valence-corrected chi connectivity index (χ3v) is 5.35. The molecule has 33 heavy (non-hydrogen) atoms. The molecule has 0 aliphatic heterocycles. The number of hydrogen-bond donors (Lipinski definition) is 1. The minimum atomic E-state index is -0.507. The van der Waals surface area contributed by atoms with Gasteiger partial charge in [-0.25, -0.2) is 4.39 Å². The molecule has 5 heteroatoms. The third kappa shape index (κ3) is 5.08. The topological polar surface area (TPSA) is 62.1 Å². The standard InChI is InChI=1S/C28H21FN2O2/c1-33-25-13-11-24(12-14-25)31-28(32)22(18-30)17-27-21(15-19-5-4-7-23(29)16-19)10-9-20-6-2-3-8-26(20)27/h2-14,16-17H,15H2,1H3,(H,31,32)/b22-17+. The maximum Gasteiger partial charge on any atom is 0.266 e. The highest BCUT2D eigenvalue weighted by Crippen LogP contribution is 2.27. The maximum absolute atomic E-state index is 13.7. The van der Waals surface area contributed by atoms with E-state index in [1.54, 1.807) is 43.5 Å². The van der Waals surface area contributed by atoms with Gasteiger partial charge in [-0.1, -0.05) is 48.5 Å². The molecule has 4 aromatic carbocycles. The summed E-state index contributed by atoms with van der Waals surface area (Å²) in [5.74, 6) is -0.143. The van der Waals surface area contributed by atoms with E-state index >= 15 is 0 Å². The second kappa shape index (κ2) is 9.80. The Bertz CT molecular complexity index is 1390. The summed E-state index contributed by atoms with van der Waals surface area (Å²) < 4.78 is 18.9. The van der Waals surface area contributed by atoms with Crippen LogP contribution in [0.1, 0.15) is 16.7 Å². The number of hydrogen-bond acceptors (Lipinski definition) is 3. The van der Waals surface area contributed by atoms with Crippen molar-refractivity contribution in [1.29, 1.82) is 5.26 Å². The average molecular weight is 436 g/mol. The van der Waals surface area contributed by atoms with Gasteiger partial charge in [-0.05, 0) is 76.4 Å². The zero-order chi connectivity index (χ0) is 23.2. The first-order chi connectivity index (χ1) is 16.1. The molecule has 0 spiro atoms. The highest BCUT2D eigenvalue weighted by molar-refractivity contribution is 6.11. The minimum Gasteiger partial charge on any atom is -0.497 e. The number of nitriles is 1. The van der Waals surface area contributed by atoms with Crippen molar-refractivity contribution in [2.24, 2.45) is 0 Å². The number of anilines is 1. The summed E-state index contributed by atoms with van der Waals surface area (Å²) in [7, 11) is 1.57. The van der Waals surface area contributed by atoms with Crippen LogP contribution in [0.5, 0.6) is 5.75 Å². The normalized spacial score (nSPS) is 11.1. The number of rotatable bonds is 6. The molecular formula is C28H21FN2O2. The Morgan fingerprint density at radius 2 is 1.82 bits per heavy atom. The van der Waals surface area contributed by atoms with E-state index in [0.717, 1.165) is 27.5 Å². The number of fused-ring (bicyclic) bond motifs is 1. The summed E-state index contributed by atoms with van der Waals surface area (Å²) >= 11 is 0. The fourth-order valence-electron chi connectivity index (χ4n) is 3.70. The van der Waals surface area contributed by atoms with Gasteiger partial charge in [0.1, 0.15) is 23.2 Å². The molecule has 0 unspecified atom stereocenters. The van der Waals surface area contributed by atoms with Crippen LogP contribution in [0.2, 0.25) is 0 Å². The number of halogens is 1. The Morgan fingerprint density at radius 3 is 2.55 bits per heavy atom. The predicted octanol–water partition coefficient (Wildman–Crippen LogP) is 6.12. The first kappa shape index (κ1) is 21.8. The number of carbonyl (C=O) groups excluding carboxylic acids is 1. The Balaban J connectivity index is 1.73. The number of carbonyl (C=O) groups is 1. The first-order valence-electron chi connectivity index (χ1n) is 10.4. The lowest BCUT2D eigenvalue weighted by Crippen LogP contribution is -2.13. The van der Waals surface area contributed by atoms with E-state index in [2.05, 4.69) is 5.32 Å². The van der Waals surface area contributed by atoms with Gasteiger partial charge in [0.25, 0.3) is 5.91 Å². The molecule has 0 saturated carbocycles. The van der Waals surface area contributed by atoms with E-state index in [9.17, 15) is 14.4 Å². The minimum absolute atomic E-state index is 0.0253. The molecule has 4 nitrogen and oxygen atoms in total. The number of ether oxygens (including phenoxy) is 1. The van der Waals surface area contributed by atoms with Crippen molar-refractivity contribution < 1.29 is 13.9 Å². The zero-order valence-electron chi connectivity index (χ0n) is 18.0. The third-order valence-electron chi connectivity index (χ3n) is 5.35. The van der Waals surface area contributed by atoms with E-state index in [-0.39, 0.29) is 11.4 Å². The molecule has 0 radical (unpaired) electrons. The fraction of sp³-hybridized carbons (Fsp3) is 0.0714. The number of benzene rings is 4. The van der Waals surface area contributed by atoms with Crippen LogP contribution in [0.3, 0.4) is 0 Å². The molecule has 4 rings (SSSR count). The SMILES string of the molecule is COc1ccc(NC(=O)/C(C#N)=C/c2c(Cc3cccc(F)c3)ccc3ccccc23)cc1. The van der Waals surface area contributed by atoms with Crippen LogP contribution in [0.15, 0.2) is 90.5 Å². The van der Waals surface area contributed by atoms with Gasteiger partial charge in [-0.15, -0.1) is 0 Å². The molecule has 0 aliphatic carbocycles. The van der Waals surface area contributed by atoms with Gasteiger partial charge in [0.05, 0.1) is 7.11 Å². The summed E-state index contributed by atoms with van der Waals surface area (Å²) in [5.41, 5.74) is 2.99. The Kier molecular flexibility index (Phi) is 6.47. The van der Waals surface area contributed by atoms with Crippen molar-refractivity contribution in [1.82, 2.24) is 0 Å². The number of nitrogens with zero attached hydrogens (tertiary/aromatic N) is 1. The predicted molar refractivity (Wildman–Crippen MR) is 128 cm³/mol. The molecule has 0 fully saturated rings. The molecule has 0 saturated heterocycles. The van der Waals surface area contributed by atoms with E-state index < -0.39 is 5.91 Å². The molecule has 0 atom stereocenters. The van der Waals surface area contributed by atoms with E-state index in [1.165, 1.54) is 12.1 Å². The number of nitrogens with one attached hydrogen (secondary N) is 1. The first-order valence-corrected chi connectivity index (χ1v) is 10.4. The molecule has 0 heterocycles. The molecular weight excluding hydrogens is 415 g/mol.